The maximum Gasteiger partial charge on any atom is 0.402 e. The van der Waals surface area contributed by atoms with Gasteiger partial charge in [-0.2, -0.15) is 12.1 Å². The number of hydrogen-bond donors (Lipinski definition) is 0. The Hall–Kier alpha value is -6.11. The predicted molar refractivity (Wildman–Crippen MR) is 202 cm³/mol. The summed E-state index contributed by atoms with van der Waals surface area (Å²) in [6.45, 7) is -0.138. The second-order valence-electron chi connectivity index (χ2n) is 12.9. The normalized spacial score (nSPS) is 12.8. The van der Waals surface area contributed by atoms with Crippen molar-refractivity contribution in [3.63, 3.8) is 0 Å². The molecule has 9 heteroatoms. The Morgan fingerprint density at radius 1 is 0.635 bits per heavy atom. The fraction of sp³-hybridized carbons (Fsp3) is 0.0233. The summed E-state index contributed by atoms with van der Waals surface area (Å²) in [5.41, 5.74) is 10.6. The van der Waals surface area contributed by atoms with Gasteiger partial charge in [0.2, 0.25) is 6.33 Å². The van der Waals surface area contributed by atoms with Gasteiger partial charge in [0.05, 0.1) is 23.8 Å². The standard InChI is InChI=1S/C43H27BN6O.Pt/c1-46-28-47-41-27-31(51-30-21-23-33-32-14-5-6-16-35(32)48(40(33)26-30)42-20-9-10-25-45-42)22-24-38(41)50-37-18-8-7-17-36(37)49(29-12-3-2-4-13-29)44(50)34-15-11-19-39(46)43(34)47;/h2-25H,1H3;/q-2;. The first-order valence-corrected chi connectivity index (χ1v) is 17.0. The molecule has 2 aliphatic rings. The first-order valence-electron chi connectivity index (χ1n) is 17.0. The number of hydrogen-bond acceptors (Lipinski definition) is 4. The molecule has 0 amide bonds. The molecule has 3 aromatic heterocycles. The monoisotopic (exact) mass is 849 g/mol. The second kappa shape index (κ2) is 11.7. The molecule has 250 valence electrons. The van der Waals surface area contributed by atoms with Gasteiger partial charge >= 0.3 is 6.98 Å². The Morgan fingerprint density at radius 3 is 2.21 bits per heavy atom. The number of aromatic nitrogens is 4. The van der Waals surface area contributed by atoms with E-state index in [-0.39, 0.29) is 28.0 Å². The average Bonchev–Trinajstić information content (AvgIpc) is 3.80. The Bertz CT molecular complexity index is 2840. The third-order valence-electron chi connectivity index (χ3n) is 10.1. The number of imidazole rings is 1. The van der Waals surface area contributed by atoms with E-state index in [1.54, 1.807) is 0 Å². The van der Waals surface area contributed by atoms with Gasteiger partial charge in [-0.25, -0.2) is 4.98 Å². The van der Waals surface area contributed by atoms with Crippen LogP contribution in [0.25, 0.3) is 44.3 Å². The predicted octanol–water partition coefficient (Wildman–Crippen LogP) is 8.14. The van der Waals surface area contributed by atoms with Gasteiger partial charge in [-0.3, -0.25) is 0 Å². The molecule has 0 fully saturated rings. The second-order valence-corrected chi connectivity index (χ2v) is 12.9. The average molecular weight is 850 g/mol. The molecule has 0 spiro atoms. The summed E-state index contributed by atoms with van der Waals surface area (Å²) in [6.07, 6.45) is 5.41. The molecule has 6 aromatic carbocycles. The van der Waals surface area contributed by atoms with Crippen molar-refractivity contribution in [2.24, 2.45) is 7.05 Å². The van der Waals surface area contributed by atoms with Crippen LogP contribution in [0, 0.1) is 18.5 Å². The van der Waals surface area contributed by atoms with E-state index in [0.717, 1.165) is 67.1 Å². The summed E-state index contributed by atoms with van der Waals surface area (Å²) in [5, 5.41) is 2.23. The van der Waals surface area contributed by atoms with Crippen LogP contribution in [0.15, 0.2) is 146 Å². The van der Waals surface area contributed by atoms with Crippen LogP contribution in [0.5, 0.6) is 11.5 Å². The Morgan fingerprint density at radius 2 is 1.37 bits per heavy atom. The number of anilines is 4. The first-order chi connectivity index (χ1) is 25.2. The number of benzene rings is 6. The van der Waals surface area contributed by atoms with Crippen molar-refractivity contribution in [2.75, 3.05) is 9.62 Å². The molecule has 0 radical (unpaired) electrons. The molecular weight excluding hydrogens is 822 g/mol. The van der Waals surface area contributed by atoms with Gasteiger partial charge in [0.1, 0.15) is 5.82 Å². The maximum absolute atomic E-state index is 6.63. The van der Waals surface area contributed by atoms with E-state index in [1.165, 1.54) is 5.46 Å². The Kier molecular flexibility index (Phi) is 6.92. The number of ether oxygens (including phenoxy) is 1. The summed E-state index contributed by atoms with van der Waals surface area (Å²) in [7, 11) is 2.05. The third-order valence-corrected chi connectivity index (χ3v) is 10.1. The minimum atomic E-state index is -0.138. The third kappa shape index (κ3) is 4.37. The summed E-state index contributed by atoms with van der Waals surface area (Å²) in [4.78, 5) is 9.54. The van der Waals surface area contributed by atoms with Gasteiger partial charge in [-0.1, -0.05) is 84.0 Å². The van der Waals surface area contributed by atoms with Crippen molar-refractivity contribution in [2.45, 2.75) is 0 Å². The fourth-order valence-electron chi connectivity index (χ4n) is 8.00. The van der Waals surface area contributed by atoms with Crippen LogP contribution in [0.4, 0.5) is 22.7 Å². The molecular formula is C43H27BN6OPt-2. The van der Waals surface area contributed by atoms with Crippen LogP contribution in [-0.2, 0) is 28.1 Å². The minimum Gasteiger partial charge on any atom is -0.510 e. The van der Waals surface area contributed by atoms with E-state index in [4.69, 9.17) is 4.74 Å². The molecule has 0 atom stereocenters. The number of pyridine rings is 1. The maximum atomic E-state index is 6.63. The zero-order valence-corrected chi connectivity index (χ0v) is 30.1. The van der Waals surface area contributed by atoms with Gasteiger partial charge in [0, 0.05) is 55.7 Å². The molecule has 9 aromatic rings. The van der Waals surface area contributed by atoms with Crippen molar-refractivity contribution in [1.29, 1.82) is 0 Å². The molecule has 0 unspecified atom stereocenters. The molecule has 0 aliphatic carbocycles. The van der Waals surface area contributed by atoms with Crippen LogP contribution >= 0.6 is 0 Å². The largest absolute Gasteiger partial charge is 0.510 e. The number of para-hydroxylation sites is 5. The summed E-state index contributed by atoms with van der Waals surface area (Å²) >= 11 is 0. The summed E-state index contributed by atoms with van der Waals surface area (Å²) < 4.78 is 13.0. The van der Waals surface area contributed by atoms with E-state index in [0.29, 0.717) is 11.5 Å². The summed E-state index contributed by atoms with van der Waals surface area (Å²) in [6, 6.07) is 55.6. The number of aryl methyl sites for hydroxylation is 1. The van der Waals surface area contributed by atoms with Gasteiger partial charge in [-0.15, -0.1) is 29.7 Å². The van der Waals surface area contributed by atoms with Crippen LogP contribution in [-0.4, -0.2) is 21.1 Å². The molecule has 0 N–H and O–H groups in total. The van der Waals surface area contributed by atoms with Gasteiger partial charge in [0.15, 0.2) is 0 Å². The van der Waals surface area contributed by atoms with Gasteiger partial charge < -0.3 is 28.1 Å². The van der Waals surface area contributed by atoms with Gasteiger partial charge in [0.25, 0.3) is 0 Å². The smallest absolute Gasteiger partial charge is 0.402 e. The molecule has 2 aliphatic heterocycles. The van der Waals surface area contributed by atoms with Crippen molar-refractivity contribution >= 4 is 68.0 Å². The molecule has 0 bridgehead atoms. The number of nitrogens with zero attached hydrogens (tertiary/aromatic N) is 6. The van der Waals surface area contributed by atoms with Crippen molar-refractivity contribution < 1.29 is 30.4 Å². The number of rotatable bonds is 4. The topological polar surface area (TPSA) is 42.3 Å². The zero-order chi connectivity index (χ0) is 33.6. The molecule has 52 heavy (non-hydrogen) atoms. The molecule has 11 rings (SSSR count). The van der Waals surface area contributed by atoms with Crippen molar-refractivity contribution in [1.82, 2.24) is 14.1 Å². The van der Waals surface area contributed by atoms with E-state index >= 15 is 0 Å². The number of fused-ring (bicyclic) bond motifs is 10. The van der Waals surface area contributed by atoms with E-state index < -0.39 is 0 Å². The molecule has 0 saturated heterocycles. The van der Waals surface area contributed by atoms with Crippen molar-refractivity contribution in [3.8, 4) is 23.0 Å². The van der Waals surface area contributed by atoms with E-state index in [2.05, 4.69) is 156 Å². The Balaban J connectivity index is 0.00000338. The summed E-state index contributed by atoms with van der Waals surface area (Å²) in [5.74, 6) is 2.02. The fourth-order valence-corrected chi connectivity index (χ4v) is 8.00. The van der Waals surface area contributed by atoms with Gasteiger partial charge in [-0.05, 0) is 59.0 Å². The quantitative estimate of drug-likeness (QED) is 0.102. The Labute approximate surface area is 314 Å². The van der Waals surface area contributed by atoms with E-state index in [9.17, 15) is 0 Å². The van der Waals surface area contributed by atoms with Crippen LogP contribution < -0.4 is 24.4 Å². The molecule has 0 saturated carbocycles. The molecule has 7 nitrogen and oxygen atoms in total. The zero-order valence-electron chi connectivity index (χ0n) is 27.8. The van der Waals surface area contributed by atoms with Crippen molar-refractivity contribution in [3.05, 3.63) is 164 Å². The SMILES string of the molecule is Cn1[c-][n+]2c3c(cccc31)B1N(c3ccccc3)c3ccccc3N1c1ccc(Oc3[c-]c4c(cc3)c3ccccc3n4-c3ccccn3)[c-]c1-2.[Pt]. The minimum absolute atomic E-state index is 0. The van der Waals surface area contributed by atoms with E-state index in [1.807, 2.05) is 43.6 Å². The van der Waals surface area contributed by atoms with Crippen LogP contribution in [0.3, 0.4) is 0 Å². The first kappa shape index (κ1) is 30.7. The van der Waals surface area contributed by atoms with Crippen LogP contribution in [0.2, 0.25) is 0 Å². The van der Waals surface area contributed by atoms with Crippen LogP contribution in [0.1, 0.15) is 0 Å². The molecule has 5 heterocycles.